The fourth-order valence-electron chi connectivity index (χ4n) is 1.77. The first-order valence-corrected chi connectivity index (χ1v) is 7.17. The lowest BCUT2D eigenvalue weighted by Crippen LogP contribution is -2.32. The van der Waals surface area contributed by atoms with Gasteiger partial charge >= 0.3 is 0 Å². The second-order valence-electron chi connectivity index (χ2n) is 4.02. The van der Waals surface area contributed by atoms with Gasteiger partial charge in [-0.25, -0.2) is 12.8 Å². The molecule has 2 atom stereocenters. The van der Waals surface area contributed by atoms with Crippen molar-refractivity contribution in [2.45, 2.75) is 12.1 Å². The molecule has 1 saturated heterocycles. The Balaban J connectivity index is 2.17. The van der Waals surface area contributed by atoms with E-state index in [0.717, 1.165) is 6.07 Å². The van der Waals surface area contributed by atoms with Gasteiger partial charge in [-0.3, -0.25) is 0 Å². The van der Waals surface area contributed by atoms with E-state index >= 15 is 0 Å². The van der Waals surface area contributed by atoms with Crippen LogP contribution in [-0.2, 0) is 9.84 Å². The maximum absolute atomic E-state index is 13.4. The molecule has 2 unspecified atom stereocenters. The Morgan fingerprint density at radius 3 is 2.65 bits per heavy atom. The first-order valence-electron chi connectivity index (χ1n) is 4.97. The van der Waals surface area contributed by atoms with E-state index in [2.05, 4.69) is 5.32 Å². The van der Waals surface area contributed by atoms with Crippen molar-refractivity contribution in [1.29, 1.82) is 0 Å². The van der Waals surface area contributed by atoms with E-state index in [1.165, 1.54) is 12.1 Å². The van der Waals surface area contributed by atoms with Gasteiger partial charge in [0.25, 0.3) is 0 Å². The summed E-state index contributed by atoms with van der Waals surface area (Å²) in [5, 5.41) is 12.5. The fraction of sp³-hybridized carbons (Fsp3) is 0.400. The van der Waals surface area contributed by atoms with Crippen LogP contribution in [0.5, 0.6) is 0 Å². The number of nitrogens with one attached hydrogen (secondary N) is 1. The highest BCUT2D eigenvalue weighted by Crippen LogP contribution is 2.22. The number of benzene rings is 1. The largest absolute Gasteiger partial charge is 0.390 e. The van der Waals surface area contributed by atoms with Crippen LogP contribution in [0, 0.1) is 5.82 Å². The van der Waals surface area contributed by atoms with E-state index < -0.39 is 27.8 Å². The zero-order chi connectivity index (χ0) is 12.6. The van der Waals surface area contributed by atoms with E-state index in [4.69, 9.17) is 11.6 Å². The minimum absolute atomic E-state index is 0.135. The molecule has 0 radical (unpaired) electrons. The Morgan fingerprint density at radius 1 is 1.41 bits per heavy atom. The molecule has 94 valence electrons. The summed E-state index contributed by atoms with van der Waals surface area (Å²) in [5.74, 6) is -1.06. The predicted molar refractivity (Wildman–Crippen MR) is 63.5 cm³/mol. The molecule has 1 fully saturated rings. The zero-order valence-electron chi connectivity index (χ0n) is 8.73. The van der Waals surface area contributed by atoms with E-state index in [1.54, 1.807) is 0 Å². The van der Waals surface area contributed by atoms with Crippen molar-refractivity contribution in [3.05, 3.63) is 29.0 Å². The van der Waals surface area contributed by atoms with Crippen LogP contribution in [-0.4, -0.2) is 37.2 Å². The summed E-state index contributed by atoms with van der Waals surface area (Å²) >= 11 is 5.59. The predicted octanol–water partition coefficient (Wildman–Crippen LogP) is 1.05. The molecule has 1 aromatic carbocycles. The van der Waals surface area contributed by atoms with Crippen LogP contribution in [0.1, 0.15) is 0 Å². The van der Waals surface area contributed by atoms with E-state index in [-0.39, 0.29) is 22.2 Å². The van der Waals surface area contributed by atoms with Crippen LogP contribution >= 0.6 is 11.6 Å². The quantitative estimate of drug-likeness (QED) is 0.849. The number of aliphatic hydroxyl groups is 1. The highest BCUT2D eigenvalue weighted by Gasteiger charge is 2.36. The van der Waals surface area contributed by atoms with Crippen molar-refractivity contribution in [2.75, 3.05) is 16.8 Å². The number of sulfone groups is 1. The van der Waals surface area contributed by atoms with Gasteiger partial charge in [-0.2, -0.15) is 0 Å². The number of hydrogen-bond acceptors (Lipinski definition) is 4. The molecule has 2 rings (SSSR count). The Hall–Kier alpha value is -0.850. The van der Waals surface area contributed by atoms with Crippen molar-refractivity contribution in [3.8, 4) is 0 Å². The summed E-state index contributed by atoms with van der Waals surface area (Å²) in [6, 6.07) is 3.34. The molecule has 0 aliphatic carbocycles. The lowest BCUT2D eigenvalue weighted by molar-refractivity contribution is 0.190. The van der Waals surface area contributed by atoms with Gasteiger partial charge in [0, 0.05) is 5.02 Å². The molecule has 1 aromatic rings. The molecule has 1 heterocycles. The Labute approximate surface area is 103 Å². The van der Waals surface area contributed by atoms with Gasteiger partial charge in [-0.1, -0.05) is 11.6 Å². The van der Waals surface area contributed by atoms with E-state index in [9.17, 15) is 17.9 Å². The van der Waals surface area contributed by atoms with Crippen LogP contribution in [0.15, 0.2) is 18.2 Å². The number of anilines is 1. The fourth-order valence-corrected chi connectivity index (χ4v) is 3.67. The van der Waals surface area contributed by atoms with E-state index in [0.29, 0.717) is 0 Å². The summed E-state index contributed by atoms with van der Waals surface area (Å²) in [4.78, 5) is 0. The van der Waals surface area contributed by atoms with Crippen LogP contribution in [0.25, 0.3) is 0 Å². The third-order valence-corrected chi connectivity index (χ3v) is 4.55. The molecule has 4 nitrogen and oxygen atoms in total. The second kappa shape index (κ2) is 4.44. The molecular weight excluding hydrogens is 269 g/mol. The summed E-state index contributed by atoms with van der Waals surface area (Å²) in [6.07, 6.45) is -1.02. The third kappa shape index (κ3) is 2.88. The molecule has 17 heavy (non-hydrogen) atoms. The van der Waals surface area contributed by atoms with Gasteiger partial charge in [0.2, 0.25) is 0 Å². The van der Waals surface area contributed by atoms with Gasteiger partial charge in [0.1, 0.15) is 5.82 Å². The molecule has 1 aliphatic rings. The lowest BCUT2D eigenvalue weighted by Gasteiger charge is -2.16. The Morgan fingerprint density at radius 2 is 2.12 bits per heavy atom. The highest BCUT2D eigenvalue weighted by atomic mass is 35.5. The topological polar surface area (TPSA) is 66.4 Å². The first-order chi connectivity index (χ1) is 7.87. The standard InChI is InChI=1S/C10H11ClFNO3S/c11-6-1-2-8(7(12)3-6)13-9-4-17(15,16)5-10(9)14/h1-3,9-10,13-14H,4-5H2. The molecule has 1 aliphatic heterocycles. The van der Waals surface area contributed by atoms with Gasteiger partial charge in [-0.05, 0) is 18.2 Å². The summed E-state index contributed by atoms with van der Waals surface area (Å²) < 4.78 is 36.0. The SMILES string of the molecule is O=S1(=O)CC(O)C(Nc2ccc(Cl)cc2F)C1. The molecule has 0 saturated carbocycles. The van der Waals surface area contributed by atoms with Gasteiger partial charge in [0.05, 0.1) is 29.3 Å². The van der Waals surface area contributed by atoms with Crippen molar-refractivity contribution in [3.63, 3.8) is 0 Å². The molecule has 0 amide bonds. The van der Waals surface area contributed by atoms with Crippen LogP contribution < -0.4 is 5.32 Å². The van der Waals surface area contributed by atoms with E-state index in [1.807, 2.05) is 0 Å². The molecular formula is C10H11ClFNO3S. The number of halogens is 2. The zero-order valence-corrected chi connectivity index (χ0v) is 10.3. The highest BCUT2D eigenvalue weighted by molar-refractivity contribution is 7.91. The number of rotatable bonds is 2. The number of hydrogen-bond donors (Lipinski definition) is 2. The summed E-state index contributed by atoms with van der Waals surface area (Å²) in [7, 11) is -3.25. The van der Waals surface area contributed by atoms with Crippen molar-refractivity contribution < 1.29 is 17.9 Å². The summed E-state index contributed by atoms with van der Waals surface area (Å²) in [5.41, 5.74) is 0.135. The van der Waals surface area contributed by atoms with Crippen LogP contribution in [0.3, 0.4) is 0 Å². The van der Waals surface area contributed by atoms with Crippen molar-refractivity contribution >= 4 is 27.1 Å². The minimum Gasteiger partial charge on any atom is -0.390 e. The molecule has 7 heteroatoms. The average molecular weight is 280 g/mol. The maximum Gasteiger partial charge on any atom is 0.155 e. The average Bonchev–Trinajstić information content (AvgIpc) is 2.44. The first kappa shape index (κ1) is 12.6. The lowest BCUT2D eigenvalue weighted by atomic mass is 10.2. The van der Waals surface area contributed by atoms with Crippen LogP contribution in [0.2, 0.25) is 5.02 Å². The molecule has 0 bridgehead atoms. The molecule has 0 aromatic heterocycles. The molecule has 0 spiro atoms. The molecule has 2 N–H and O–H groups in total. The third-order valence-electron chi connectivity index (χ3n) is 2.59. The van der Waals surface area contributed by atoms with Crippen molar-refractivity contribution in [2.24, 2.45) is 0 Å². The van der Waals surface area contributed by atoms with Gasteiger partial charge < -0.3 is 10.4 Å². The minimum atomic E-state index is -3.25. The van der Waals surface area contributed by atoms with Gasteiger partial charge in [0.15, 0.2) is 9.84 Å². The summed E-state index contributed by atoms with van der Waals surface area (Å²) in [6.45, 7) is 0. The maximum atomic E-state index is 13.4. The normalized spacial score (nSPS) is 27.0. The Bertz CT molecular complexity index is 534. The monoisotopic (exact) mass is 279 g/mol. The Kier molecular flexibility index (Phi) is 3.29. The smallest absolute Gasteiger partial charge is 0.155 e. The van der Waals surface area contributed by atoms with Gasteiger partial charge in [-0.15, -0.1) is 0 Å². The number of aliphatic hydroxyl groups excluding tert-OH is 1. The van der Waals surface area contributed by atoms with Crippen LogP contribution in [0.4, 0.5) is 10.1 Å². The van der Waals surface area contributed by atoms with Crippen molar-refractivity contribution in [1.82, 2.24) is 0 Å². The second-order valence-corrected chi connectivity index (χ2v) is 6.61.